The Hall–Kier alpha value is -3.19. The molecule has 5 nitrogen and oxygen atoms in total. The van der Waals surface area contributed by atoms with Crippen molar-refractivity contribution in [3.8, 4) is 5.75 Å². The topological polar surface area (TPSA) is 44.8 Å². The molecule has 7 heteroatoms. The zero-order valence-electron chi connectivity index (χ0n) is 17.6. The number of benzene rings is 2. The van der Waals surface area contributed by atoms with E-state index in [2.05, 4.69) is 16.8 Å². The molecule has 0 fully saturated rings. The number of aryl methyl sites for hydroxylation is 1. The lowest BCUT2D eigenvalue weighted by Gasteiger charge is -2.30. The molecule has 2 amide bonds. The molecule has 0 aromatic heterocycles. The number of rotatable bonds is 8. The molecule has 0 unspecified atom stereocenters. The monoisotopic (exact) mass is 427 g/mol. The molecule has 0 radical (unpaired) electrons. The molecule has 0 bridgehead atoms. The van der Waals surface area contributed by atoms with Crippen molar-refractivity contribution in [1.82, 2.24) is 4.90 Å². The number of hydrogen-bond acceptors (Lipinski definition) is 3. The minimum atomic E-state index is -0.807. The lowest BCUT2D eigenvalue weighted by atomic mass is 10.0. The van der Waals surface area contributed by atoms with Gasteiger partial charge in [-0.05, 0) is 55.8 Å². The van der Waals surface area contributed by atoms with E-state index >= 15 is 0 Å². The van der Waals surface area contributed by atoms with Crippen molar-refractivity contribution in [2.45, 2.75) is 12.8 Å². The Morgan fingerprint density at radius 2 is 2.06 bits per heavy atom. The first-order valence-electron chi connectivity index (χ1n) is 10.2. The maximum absolute atomic E-state index is 13.9. The summed E-state index contributed by atoms with van der Waals surface area (Å²) in [4.78, 5) is 16.4. The SMILES string of the molecule is C=CCN(C)CC=CCOc1ccc2c(c1)CCCN2C(=O)Nc1ccc(F)cc1F. The third kappa shape index (κ3) is 6.15. The molecule has 0 atom stereocenters. The number of fused-ring (bicyclic) bond motifs is 1. The van der Waals surface area contributed by atoms with Crippen LogP contribution in [0.25, 0.3) is 0 Å². The minimum absolute atomic E-state index is 0.0519. The van der Waals surface area contributed by atoms with Crippen molar-refractivity contribution in [2.75, 3.05) is 43.5 Å². The second kappa shape index (κ2) is 10.7. The molecular formula is C24H27F2N3O2. The molecule has 0 saturated carbocycles. The highest BCUT2D eigenvalue weighted by Crippen LogP contribution is 2.31. The van der Waals surface area contributed by atoms with E-state index < -0.39 is 17.7 Å². The van der Waals surface area contributed by atoms with E-state index in [0.717, 1.165) is 55.1 Å². The van der Waals surface area contributed by atoms with Crippen LogP contribution >= 0.6 is 0 Å². The zero-order chi connectivity index (χ0) is 22.2. The van der Waals surface area contributed by atoms with Gasteiger partial charge in [-0.1, -0.05) is 18.2 Å². The average Bonchev–Trinajstić information content (AvgIpc) is 2.75. The molecule has 3 rings (SSSR count). The third-order valence-corrected chi connectivity index (χ3v) is 4.96. The highest BCUT2D eigenvalue weighted by atomic mass is 19.1. The van der Waals surface area contributed by atoms with Crippen molar-refractivity contribution in [1.29, 1.82) is 0 Å². The van der Waals surface area contributed by atoms with Gasteiger partial charge in [0.1, 0.15) is 24.0 Å². The minimum Gasteiger partial charge on any atom is -0.490 e. The number of nitrogens with zero attached hydrogens (tertiary/aromatic N) is 2. The number of amides is 2. The quantitative estimate of drug-likeness (QED) is 0.603. The van der Waals surface area contributed by atoms with Gasteiger partial charge in [-0.25, -0.2) is 13.6 Å². The van der Waals surface area contributed by atoms with E-state index in [-0.39, 0.29) is 5.69 Å². The number of hydrogen-bond donors (Lipinski definition) is 1. The summed E-state index contributed by atoms with van der Waals surface area (Å²) in [6, 6.07) is 8.21. The van der Waals surface area contributed by atoms with Gasteiger partial charge in [-0.3, -0.25) is 9.80 Å². The van der Waals surface area contributed by atoms with Gasteiger partial charge < -0.3 is 10.1 Å². The van der Waals surface area contributed by atoms with Gasteiger partial charge in [-0.15, -0.1) is 6.58 Å². The maximum atomic E-state index is 13.9. The lowest BCUT2D eigenvalue weighted by Crippen LogP contribution is -2.38. The van der Waals surface area contributed by atoms with Gasteiger partial charge in [0.25, 0.3) is 0 Å². The maximum Gasteiger partial charge on any atom is 0.326 e. The summed E-state index contributed by atoms with van der Waals surface area (Å²) in [6.07, 6.45) is 7.48. The lowest BCUT2D eigenvalue weighted by molar-refractivity contribution is 0.256. The van der Waals surface area contributed by atoms with Crippen LogP contribution in [0, 0.1) is 11.6 Å². The molecule has 0 spiro atoms. The predicted molar refractivity (Wildman–Crippen MR) is 120 cm³/mol. The number of likely N-dealkylation sites (N-methyl/N-ethyl adjacent to an activating group) is 1. The van der Waals surface area contributed by atoms with Crippen LogP contribution in [0.3, 0.4) is 0 Å². The van der Waals surface area contributed by atoms with E-state index in [4.69, 9.17) is 4.74 Å². The Bertz CT molecular complexity index is 962. The molecular weight excluding hydrogens is 400 g/mol. The van der Waals surface area contributed by atoms with Gasteiger partial charge in [0, 0.05) is 31.4 Å². The predicted octanol–water partition coefficient (Wildman–Crippen LogP) is 5.00. The van der Waals surface area contributed by atoms with Crippen LogP contribution in [0.4, 0.5) is 25.0 Å². The number of nitrogens with one attached hydrogen (secondary N) is 1. The van der Waals surface area contributed by atoms with E-state index in [1.165, 1.54) is 6.07 Å². The fourth-order valence-electron chi connectivity index (χ4n) is 3.41. The van der Waals surface area contributed by atoms with E-state index in [1.54, 1.807) is 4.90 Å². The van der Waals surface area contributed by atoms with Crippen LogP contribution in [0.5, 0.6) is 5.75 Å². The highest BCUT2D eigenvalue weighted by molar-refractivity contribution is 6.02. The summed E-state index contributed by atoms with van der Waals surface area (Å²) in [5.74, 6) is -0.766. The molecule has 0 aliphatic carbocycles. The van der Waals surface area contributed by atoms with Gasteiger partial charge >= 0.3 is 6.03 Å². The fraction of sp³-hybridized carbons (Fsp3) is 0.292. The smallest absolute Gasteiger partial charge is 0.326 e. The highest BCUT2D eigenvalue weighted by Gasteiger charge is 2.23. The third-order valence-electron chi connectivity index (χ3n) is 4.96. The standard InChI is InChI=1S/C24H27F2N3O2/c1-3-12-28(2)13-4-5-15-31-20-9-11-23-18(16-20)7-6-14-29(23)24(30)27-22-10-8-19(25)17-21(22)26/h3-5,8-11,16-17H,1,6-7,12-15H2,2H3,(H,27,30). The number of carbonyl (C=O) groups is 1. The molecule has 1 aliphatic heterocycles. The Kier molecular flexibility index (Phi) is 7.78. The van der Waals surface area contributed by atoms with Gasteiger partial charge in [0.05, 0.1) is 5.69 Å². The molecule has 164 valence electrons. The first kappa shape index (κ1) is 22.5. The number of carbonyl (C=O) groups excluding carboxylic acids is 1. The summed E-state index contributed by atoms with van der Waals surface area (Å²) < 4.78 is 32.8. The number of halogens is 2. The van der Waals surface area contributed by atoms with E-state index in [1.807, 2.05) is 43.5 Å². The zero-order valence-corrected chi connectivity index (χ0v) is 17.6. The number of anilines is 2. The van der Waals surface area contributed by atoms with Crippen molar-refractivity contribution in [3.63, 3.8) is 0 Å². The van der Waals surface area contributed by atoms with Crippen LogP contribution in [0.2, 0.25) is 0 Å². The fourth-order valence-corrected chi connectivity index (χ4v) is 3.41. The van der Waals surface area contributed by atoms with Crippen molar-refractivity contribution >= 4 is 17.4 Å². The summed E-state index contributed by atoms with van der Waals surface area (Å²) >= 11 is 0. The molecule has 1 N–H and O–H groups in total. The Balaban J connectivity index is 1.61. The second-order valence-corrected chi connectivity index (χ2v) is 7.39. The van der Waals surface area contributed by atoms with Crippen LogP contribution in [-0.4, -0.2) is 44.2 Å². The Morgan fingerprint density at radius 3 is 2.84 bits per heavy atom. The molecule has 1 heterocycles. The Labute approximate surface area is 181 Å². The molecule has 0 saturated heterocycles. The van der Waals surface area contributed by atoms with Crippen molar-refractivity contribution in [3.05, 3.63) is 78.4 Å². The Morgan fingerprint density at radius 1 is 1.23 bits per heavy atom. The first-order chi connectivity index (χ1) is 15.0. The summed E-state index contributed by atoms with van der Waals surface area (Å²) in [5.41, 5.74) is 1.71. The van der Waals surface area contributed by atoms with Crippen LogP contribution in [0.1, 0.15) is 12.0 Å². The largest absolute Gasteiger partial charge is 0.490 e. The molecule has 2 aromatic rings. The summed E-state index contributed by atoms with van der Waals surface area (Å²) in [6.45, 7) is 6.33. The van der Waals surface area contributed by atoms with Gasteiger partial charge in [-0.2, -0.15) is 0 Å². The number of urea groups is 1. The molecule has 1 aliphatic rings. The molecule has 31 heavy (non-hydrogen) atoms. The summed E-state index contributed by atoms with van der Waals surface area (Å²) in [5, 5.41) is 2.52. The molecule has 2 aromatic carbocycles. The van der Waals surface area contributed by atoms with E-state index in [9.17, 15) is 13.6 Å². The van der Waals surface area contributed by atoms with E-state index in [0.29, 0.717) is 13.2 Å². The van der Waals surface area contributed by atoms with Crippen LogP contribution < -0.4 is 15.0 Å². The van der Waals surface area contributed by atoms with Crippen LogP contribution in [-0.2, 0) is 6.42 Å². The van der Waals surface area contributed by atoms with Gasteiger partial charge in [0.15, 0.2) is 0 Å². The van der Waals surface area contributed by atoms with Crippen molar-refractivity contribution in [2.24, 2.45) is 0 Å². The second-order valence-electron chi connectivity index (χ2n) is 7.39. The van der Waals surface area contributed by atoms with Crippen LogP contribution in [0.15, 0.2) is 61.2 Å². The van der Waals surface area contributed by atoms with Crippen molar-refractivity contribution < 1.29 is 18.3 Å². The first-order valence-corrected chi connectivity index (χ1v) is 10.2. The normalized spacial score (nSPS) is 13.4. The summed E-state index contributed by atoms with van der Waals surface area (Å²) in [7, 11) is 2.02. The number of ether oxygens (including phenoxy) is 1. The average molecular weight is 427 g/mol. The van der Waals surface area contributed by atoms with Gasteiger partial charge in [0.2, 0.25) is 0 Å².